The zero-order valence-corrected chi connectivity index (χ0v) is 11.6. The Bertz CT molecular complexity index is 559. The van der Waals surface area contributed by atoms with Gasteiger partial charge in [0.25, 0.3) is 0 Å². The summed E-state index contributed by atoms with van der Waals surface area (Å²) in [6, 6.07) is 4.66. The number of nitrogens with zero attached hydrogens (tertiary/aromatic N) is 1. The summed E-state index contributed by atoms with van der Waals surface area (Å²) in [6.45, 7) is 1.94. The molecule has 1 atom stereocenters. The van der Waals surface area contributed by atoms with E-state index < -0.39 is 5.82 Å². The highest BCUT2D eigenvalue weighted by atomic mass is 32.1. The molecule has 102 valence electrons. The van der Waals surface area contributed by atoms with E-state index in [4.69, 9.17) is 10.6 Å². The molecule has 0 fully saturated rings. The maximum atomic E-state index is 13.7. The van der Waals surface area contributed by atoms with E-state index >= 15 is 0 Å². The summed E-state index contributed by atoms with van der Waals surface area (Å²) in [5.74, 6) is 5.39. The lowest BCUT2D eigenvalue weighted by atomic mass is 10.0. The Kier molecular flexibility index (Phi) is 4.47. The van der Waals surface area contributed by atoms with Gasteiger partial charge < -0.3 is 4.74 Å². The van der Waals surface area contributed by atoms with Crippen LogP contribution in [0.2, 0.25) is 0 Å². The van der Waals surface area contributed by atoms with Crippen LogP contribution in [0.25, 0.3) is 0 Å². The number of aryl methyl sites for hydroxylation is 1. The van der Waals surface area contributed by atoms with Gasteiger partial charge in [-0.3, -0.25) is 11.3 Å². The third-order valence-electron chi connectivity index (χ3n) is 2.82. The zero-order chi connectivity index (χ0) is 13.8. The van der Waals surface area contributed by atoms with Crippen LogP contribution in [-0.2, 0) is 6.42 Å². The summed E-state index contributed by atoms with van der Waals surface area (Å²) in [4.78, 5) is 4.38. The maximum Gasteiger partial charge on any atom is 0.165 e. The summed E-state index contributed by atoms with van der Waals surface area (Å²) in [6.07, 6.45) is 0.626. The summed E-state index contributed by atoms with van der Waals surface area (Å²) in [5, 5.41) is 2.95. The van der Waals surface area contributed by atoms with Crippen molar-refractivity contribution in [1.29, 1.82) is 0 Å². The number of thiazole rings is 1. The molecule has 2 rings (SSSR count). The highest BCUT2D eigenvalue weighted by Gasteiger charge is 2.15. The Morgan fingerprint density at radius 1 is 1.53 bits per heavy atom. The molecule has 0 spiro atoms. The molecule has 1 heterocycles. The molecule has 19 heavy (non-hydrogen) atoms. The van der Waals surface area contributed by atoms with E-state index in [1.165, 1.54) is 13.2 Å². The van der Waals surface area contributed by atoms with Gasteiger partial charge in [0.05, 0.1) is 18.2 Å². The Labute approximate surface area is 115 Å². The van der Waals surface area contributed by atoms with Crippen molar-refractivity contribution < 1.29 is 9.13 Å². The van der Waals surface area contributed by atoms with Gasteiger partial charge in [0.1, 0.15) is 0 Å². The van der Waals surface area contributed by atoms with Crippen molar-refractivity contribution in [2.45, 2.75) is 19.4 Å². The van der Waals surface area contributed by atoms with Gasteiger partial charge in [-0.05, 0) is 24.6 Å². The molecule has 1 aromatic heterocycles. The first-order chi connectivity index (χ1) is 9.13. The molecular formula is C13H16FN3OS. The van der Waals surface area contributed by atoms with E-state index in [1.807, 2.05) is 12.3 Å². The molecule has 0 aliphatic rings. The minimum absolute atomic E-state index is 0.175. The number of rotatable bonds is 5. The quantitative estimate of drug-likeness (QED) is 0.652. The SMILES string of the molecule is COc1ccc(C(Cc2nc(C)cs2)NN)cc1F. The zero-order valence-electron chi connectivity index (χ0n) is 10.8. The van der Waals surface area contributed by atoms with Crippen LogP contribution >= 0.6 is 11.3 Å². The third-order valence-corrected chi connectivity index (χ3v) is 3.81. The fourth-order valence-corrected chi connectivity index (χ4v) is 2.66. The predicted octanol–water partition coefficient (Wildman–Crippen LogP) is 2.35. The number of hydrogen-bond acceptors (Lipinski definition) is 5. The second-order valence-electron chi connectivity index (χ2n) is 4.20. The number of ether oxygens (including phenoxy) is 1. The molecule has 1 unspecified atom stereocenters. The van der Waals surface area contributed by atoms with E-state index in [-0.39, 0.29) is 11.8 Å². The lowest BCUT2D eigenvalue weighted by Gasteiger charge is -2.15. The van der Waals surface area contributed by atoms with Crippen LogP contribution in [0.4, 0.5) is 4.39 Å². The standard InChI is InChI=1S/C13H16FN3OS/c1-8-7-19-13(16-8)6-11(17-15)9-3-4-12(18-2)10(14)5-9/h3-5,7,11,17H,6,15H2,1-2H3. The van der Waals surface area contributed by atoms with Crippen LogP contribution in [0.3, 0.4) is 0 Å². The summed E-state index contributed by atoms with van der Waals surface area (Å²) in [7, 11) is 1.44. The summed E-state index contributed by atoms with van der Waals surface area (Å²) >= 11 is 1.57. The van der Waals surface area contributed by atoms with Gasteiger partial charge in [-0.1, -0.05) is 6.07 Å². The van der Waals surface area contributed by atoms with E-state index in [2.05, 4.69) is 10.4 Å². The molecular weight excluding hydrogens is 265 g/mol. The van der Waals surface area contributed by atoms with E-state index in [0.29, 0.717) is 6.42 Å². The third kappa shape index (κ3) is 3.28. The monoisotopic (exact) mass is 281 g/mol. The fraction of sp³-hybridized carbons (Fsp3) is 0.308. The van der Waals surface area contributed by atoms with Crippen LogP contribution in [-0.4, -0.2) is 12.1 Å². The van der Waals surface area contributed by atoms with Gasteiger partial charge in [0, 0.05) is 17.5 Å². The second-order valence-corrected chi connectivity index (χ2v) is 5.14. The minimum atomic E-state index is -0.393. The van der Waals surface area contributed by atoms with Crippen LogP contribution in [0.1, 0.15) is 22.3 Å². The van der Waals surface area contributed by atoms with E-state index in [9.17, 15) is 4.39 Å². The molecule has 0 saturated heterocycles. The average molecular weight is 281 g/mol. The number of aromatic nitrogens is 1. The van der Waals surface area contributed by atoms with Crippen molar-refractivity contribution in [2.75, 3.05) is 7.11 Å². The van der Waals surface area contributed by atoms with Gasteiger partial charge in [0.15, 0.2) is 11.6 Å². The number of halogens is 1. The molecule has 2 aromatic rings. The Morgan fingerprint density at radius 2 is 2.32 bits per heavy atom. The number of nitrogens with one attached hydrogen (secondary N) is 1. The summed E-state index contributed by atoms with van der Waals surface area (Å²) < 4.78 is 18.6. The largest absolute Gasteiger partial charge is 0.494 e. The van der Waals surface area contributed by atoms with Gasteiger partial charge in [-0.2, -0.15) is 0 Å². The molecule has 6 heteroatoms. The summed E-state index contributed by atoms with van der Waals surface area (Å²) in [5.41, 5.74) is 4.45. The van der Waals surface area contributed by atoms with Crippen molar-refractivity contribution >= 4 is 11.3 Å². The van der Waals surface area contributed by atoms with Crippen molar-refractivity contribution in [3.63, 3.8) is 0 Å². The van der Waals surface area contributed by atoms with Crippen LogP contribution in [0, 0.1) is 12.7 Å². The molecule has 0 aliphatic heterocycles. The molecule has 3 N–H and O–H groups in total. The van der Waals surface area contributed by atoms with Crippen molar-refractivity contribution in [3.8, 4) is 5.75 Å². The van der Waals surface area contributed by atoms with Gasteiger partial charge >= 0.3 is 0 Å². The van der Waals surface area contributed by atoms with Crippen LogP contribution < -0.4 is 16.0 Å². The smallest absolute Gasteiger partial charge is 0.165 e. The minimum Gasteiger partial charge on any atom is -0.494 e. The Morgan fingerprint density at radius 3 is 2.84 bits per heavy atom. The number of methoxy groups -OCH3 is 1. The molecule has 0 radical (unpaired) electrons. The Balaban J connectivity index is 2.19. The first-order valence-corrected chi connectivity index (χ1v) is 6.72. The molecule has 0 saturated carbocycles. The van der Waals surface area contributed by atoms with Crippen molar-refractivity contribution in [2.24, 2.45) is 5.84 Å². The number of hydrogen-bond donors (Lipinski definition) is 2. The molecule has 0 amide bonds. The van der Waals surface area contributed by atoms with Gasteiger partial charge in [-0.25, -0.2) is 9.37 Å². The number of benzene rings is 1. The second kappa shape index (κ2) is 6.10. The van der Waals surface area contributed by atoms with Crippen LogP contribution in [0.5, 0.6) is 5.75 Å². The van der Waals surface area contributed by atoms with Gasteiger partial charge in [-0.15, -0.1) is 11.3 Å². The molecule has 1 aromatic carbocycles. The van der Waals surface area contributed by atoms with Crippen LogP contribution in [0.15, 0.2) is 23.6 Å². The van der Waals surface area contributed by atoms with E-state index in [0.717, 1.165) is 16.3 Å². The van der Waals surface area contributed by atoms with Crippen molar-refractivity contribution in [3.05, 3.63) is 45.7 Å². The average Bonchev–Trinajstić information content (AvgIpc) is 2.81. The van der Waals surface area contributed by atoms with E-state index in [1.54, 1.807) is 23.5 Å². The fourth-order valence-electron chi connectivity index (χ4n) is 1.84. The lowest BCUT2D eigenvalue weighted by molar-refractivity contribution is 0.385. The number of nitrogens with two attached hydrogens (primary N) is 1. The maximum absolute atomic E-state index is 13.7. The number of hydrazine groups is 1. The first kappa shape index (κ1) is 13.9. The predicted molar refractivity (Wildman–Crippen MR) is 73.6 cm³/mol. The van der Waals surface area contributed by atoms with Crippen molar-refractivity contribution in [1.82, 2.24) is 10.4 Å². The highest BCUT2D eigenvalue weighted by molar-refractivity contribution is 7.09. The van der Waals surface area contributed by atoms with Gasteiger partial charge in [0.2, 0.25) is 0 Å². The first-order valence-electron chi connectivity index (χ1n) is 5.84. The topological polar surface area (TPSA) is 60.2 Å². The Hall–Kier alpha value is -1.50. The molecule has 0 bridgehead atoms. The normalized spacial score (nSPS) is 12.4. The molecule has 0 aliphatic carbocycles. The lowest BCUT2D eigenvalue weighted by Crippen LogP contribution is -2.29. The highest BCUT2D eigenvalue weighted by Crippen LogP contribution is 2.24. The molecule has 4 nitrogen and oxygen atoms in total.